The van der Waals surface area contributed by atoms with Crippen LogP contribution in [-0.2, 0) is 0 Å². The fourth-order valence-corrected chi connectivity index (χ4v) is 1.32. The normalized spacial score (nSPS) is 13.6. The first-order valence-corrected chi connectivity index (χ1v) is 5.23. The molecule has 0 rings (SSSR count). The van der Waals surface area contributed by atoms with Gasteiger partial charge < -0.3 is 10.4 Å². The molecule has 82 valence electrons. The summed E-state index contributed by atoms with van der Waals surface area (Å²) in [5, 5.41) is 20.6. The molecule has 3 nitrogen and oxygen atoms in total. The second-order valence-corrected chi connectivity index (χ2v) is 4.65. The molecule has 0 amide bonds. The first-order chi connectivity index (χ1) is 6.52. The van der Waals surface area contributed by atoms with Crippen molar-refractivity contribution < 1.29 is 5.11 Å². The molecule has 0 aliphatic carbocycles. The summed E-state index contributed by atoms with van der Waals surface area (Å²) in [7, 11) is 0. The van der Waals surface area contributed by atoms with Gasteiger partial charge in [0, 0.05) is 19.7 Å². The third-order valence-corrected chi connectivity index (χ3v) is 2.29. The predicted molar refractivity (Wildman–Crippen MR) is 57.7 cm³/mol. The van der Waals surface area contributed by atoms with E-state index in [-0.39, 0.29) is 17.9 Å². The van der Waals surface area contributed by atoms with Gasteiger partial charge in [-0.3, -0.25) is 0 Å². The van der Waals surface area contributed by atoms with E-state index in [1.165, 1.54) is 0 Å². The van der Waals surface area contributed by atoms with Crippen molar-refractivity contribution in [1.29, 1.82) is 5.26 Å². The maximum absolute atomic E-state index is 8.72. The monoisotopic (exact) mass is 198 g/mol. The topological polar surface area (TPSA) is 56.0 Å². The first kappa shape index (κ1) is 13.4. The van der Waals surface area contributed by atoms with Crippen LogP contribution in [0.25, 0.3) is 0 Å². The van der Waals surface area contributed by atoms with Gasteiger partial charge in [0.25, 0.3) is 0 Å². The van der Waals surface area contributed by atoms with Crippen LogP contribution < -0.4 is 5.32 Å². The molecule has 0 bridgehead atoms. The maximum atomic E-state index is 8.72. The Bertz CT molecular complexity index is 184. The van der Waals surface area contributed by atoms with E-state index in [1.54, 1.807) is 0 Å². The number of nitriles is 1. The third kappa shape index (κ3) is 6.88. The Labute approximate surface area is 87.1 Å². The maximum Gasteiger partial charge on any atom is 0.0666 e. The van der Waals surface area contributed by atoms with Gasteiger partial charge in [-0.15, -0.1) is 0 Å². The zero-order valence-corrected chi connectivity index (χ0v) is 9.51. The quantitative estimate of drug-likeness (QED) is 0.652. The van der Waals surface area contributed by atoms with Crippen LogP contribution in [0.5, 0.6) is 0 Å². The first-order valence-electron chi connectivity index (χ1n) is 5.23. The van der Waals surface area contributed by atoms with Crippen LogP contribution in [0.4, 0.5) is 0 Å². The van der Waals surface area contributed by atoms with Gasteiger partial charge in [-0.1, -0.05) is 13.8 Å². The van der Waals surface area contributed by atoms with E-state index in [0.29, 0.717) is 0 Å². The van der Waals surface area contributed by atoms with Crippen LogP contribution in [-0.4, -0.2) is 24.8 Å². The van der Waals surface area contributed by atoms with Crippen molar-refractivity contribution in [2.24, 2.45) is 11.3 Å². The van der Waals surface area contributed by atoms with E-state index in [1.807, 2.05) is 6.92 Å². The molecule has 0 saturated carbocycles. The lowest BCUT2D eigenvalue weighted by atomic mass is 9.88. The minimum absolute atomic E-state index is 0.0728. The van der Waals surface area contributed by atoms with Gasteiger partial charge >= 0.3 is 0 Å². The van der Waals surface area contributed by atoms with E-state index in [0.717, 1.165) is 25.9 Å². The van der Waals surface area contributed by atoms with Crippen molar-refractivity contribution >= 4 is 0 Å². The van der Waals surface area contributed by atoms with Gasteiger partial charge in [0.05, 0.1) is 12.0 Å². The number of hydrogen-bond acceptors (Lipinski definition) is 3. The highest BCUT2D eigenvalue weighted by Crippen LogP contribution is 2.20. The molecule has 2 N–H and O–H groups in total. The highest BCUT2D eigenvalue weighted by molar-refractivity contribution is 4.81. The van der Waals surface area contributed by atoms with Crippen molar-refractivity contribution in [3.8, 4) is 6.07 Å². The van der Waals surface area contributed by atoms with Gasteiger partial charge in [0.1, 0.15) is 0 Å². The fraction of sp³-hybridized carbons (Fsp3) is 0.909. The average Bonchev–Trinajstić information content (AvgIpc) is 2.14. The number of aliphatic hydroxyl groups excluding tert-OH is 1. The Morgan fingerprint density at radius 3 is 2.64 bits per heavy atom. The molecule has 1 atom stereocenters. The van der Waals surface area contributed by atoms with Crippen molar-refractivity contribution in [3.05, 3.63) is 0 Å². The van der Waals surface area contributed by atoms with E-state index >= 15 is 0 Å². The number of aliphatic hydroxyl groups is 1. The molecule has 0 aromatic carbocycles. The summed E-state index contributed by atoms with van der Waals surface area (Å²) in [5.41, 5.74) is 0.206. The lowest BCUT2D eigenvalue weighted by molar-refractivity contribution is 0.236. The zero-order chi connectivity index (χ0) is 11.0. The Hall–Kier alpha value is -0.590. The van der Waals surface area contributed by atoms with Gasteiger partial charge in [0.15, 0.2) is 0 Å². The Morgan fingerprint density at radius 2 is 2.14 bits per heavy atom. The highest BCUT2D eigenvalue weighted by Gasteiger charge is 2.16. The number of rotatable bonds is 7. The van der Waals surface area contributed by atoms with Crippen molar-refractivity contribution in [1.82, 2.24) is 5.32 Å². The number of nitrogens with one attached hydrogen (secondary N) is 1. The Balaban J connectivity index is 3.60. The molecule has 0 fully saturated rings. The molecule has 0 aliphatic rings. The molecule has 0 aliphatic heterocycles. The molecule has 0 heterocycles. The van der Waals surface area contributed by atoms with Crippen LogP contribution in [0, 0.1) is 22.7 Å². The minimum atomic E-state index is 0.0728. The molecule has 0 aromatic rings. The second kappa shape index (κ2) is 6.80. The fourth-order valence-electron chi connectivity index (χ4n) is 1.32. The number of nitrogens with zero attached hydrogens (tertiary/aromatic N) is 1. The smallest absolute Gasteiger partial charge is 0.0666 e. The Kier molecular flexibility index (Phi) is 6.52. The second-order valence-electron chi connectivity index (χ2n) is 4.65. The molecule has 1 unspecified atom stereocenters. The summed E-state index contributed by atoms with van der Waals surface area (Å²) in [5.74, 6) is 0.0728. The van der Waals surface area contributed by atoms with Crippen molar-refractivity contribution in [3.63, 3.8) is 0 Å². The van der Waals surface area contributed by atoms with Crippen LogP contribution >= 0.6 is 0 Å². The SMILES string of the molecule is CC(C#N)CNCC(C)(C)CCCO. The number of hydrogen-bond donors (Lipinski definition) is 2. The van der Waals surface area contributed by atoms with Gasteiger partial charge in [0.2, 0.25) is 0 Å². The molecular formula is C11H22N2O. The van der Waals surface area contributed by atoms with Crippen molar-refractivity contribution in [2.75, 3.05) is 19.7 Å². The molecular weight excluding hydrogens is 176 g/mol. The molecule has 14 heavy (non-hydrogen) atoms. The lowest BCUT2D eigenvalue weighted by Crippen LogP contribution is -2.32. The van der Waals surface area contributed by atoms with Gasteiger partial charge in [-0.25, -0.2) is 0 Å². The van der Waals surface area contributed by atoms with Crippen molar-refractivity contribution in [2.45, 2.75) is 33.6 Å². The van der Waals surface area contributed by atoms with E-state index < -0.39 is 0 Å². The third-order valence-electron chi connectivity index (χ3n) is 2.29. The van der Waals surface area contributed by atoms with E-state index in [2.05, 4.69) is 25.2 Å². The predicted octanol–water partition coefficient (Wildman–Crippen LogP) is 1.53. The summed E-state index contributed by atoms with van der Waals surface area (Å²) < 4.78 is 0. The summed E-state index contributed by atoms with van der Waals surface area (Å²) in [6.45, 7) is 8.17. The van der Waals surface area contributed by atoms with Gasteiger partial charge in [-0.05, 0) is 25.2 Å². The largest absolute Gasteiger partial charge is 0.396 e. The Morgan fingerprint density at radius 1 is 1.50 bits per heavy atom. The average molecular weight is 198 g/mol. The molecule has 0 spiro atoms. The van der Waals surface area contributed by atoms with E-state index in [4.69, 9.17) is 10.4 Å². The van der Waals surface area contributed by atoms with Gasteiger partial charge in [-0.2, -0.15) is 5.26 Å². The standard InChI is InChI=1S/C11H22N2O/c1-10(7-12)8-13-9-11(2,3)5-4-6-14/h10,13-14H,4-6,8-9H2,1-3H3. The highest BCUT2D eigenvalue weighted by atomic mass is 16.2. The molecule has 3 heteroatoms. The summed E-state index contributed by atoms with van der Waals surface area (Å²) in [6, 6.07) is 2.19. The summed E-state index contributed by atoms with van der Waals surface area (Å²) >= 11 is 0. The molecule has 0 aromatic heterocycles. The molecule has 0 saturated heterocycles. The van der Waals surface area contributed by atoms with Crippen LogP contribution in [0.3, 0.4) is 0 Å². The van der Waals surface area contributed by atoms with E-state index in [9.17, 15) is 0 Å². The zero-order valence-electron chi connectivity index (χ0n) is 9.51. The molecule has 0 radical (unpaired) electrons. The van der Waals surface area contributed by atoms with Crippen LogP contribution in [0.2, 0.25) is 0 Å². The summed E-state index contributed by atoms with van der Waals surface area (Å²) in [6.07, 6.45) is 1.86. The summed E-state index contributed by atoms with van der Waals surface area (Å²) in [4.78, 5) is 0. The van der Waals surface area contributed by atoms with Crippen LogP contribution in [0.1, 0.15) is 33.6 Å². The van der Waals surface area contributed by atoms with Crippen LogP contribution in [0.15, 0.2) is 0 Å². The lowest BCUT2D eigenvalue weighted by Gasteiger charge is -2.25. The minimum Gasteiger partial charge on any atom is -0.396 e.